The molecule has 7 heteroatoms. The van der Waals surface area contributed by atoms with E-state index in [1.54, 1.807) is 0 Å². The predicted octanol–water partition coefficient (Wildman–Crippen LogP) is 3.13. The van der Waals surface area contributed by atoms with Crippen molar-refractivity contribution in [2.75, 3.05) is 6.61 Å². The predicted molar refractivity (Wildman–Crippen MR) is 78.7 cm³/mol. The van der Waals surface area contributed by atoms with Crippen LogP contribution >= 0.6 is 11.6 Å². The summed E-state index contributed by atoms with van der Waals surface area (Å²) < 4.78 is 33.3. The molecule has 3 rings (SSSR count). The summed E-state index contributed by atoms with van der Waals surface area (Å²) >= 11 is 5.87. The van der Waals surface area contributed by atoms with E-state index in [1.165, 1.54) is 12.1 Å². The normalized spacial score (nSPS) is 16.7. The maximum Gasteiger partial charge on any atom is 0.143 e. The average Bonchev–Trinajstić information content (AvgIpc) is 2.75. The van der Waals surface area contributed by atoms with Gasteiger partial charge in [-0.2, -0.15) is 0 Å². The third kappa shape index (κ3) is 2.41. The summed E-state index contributed by atoms with van der Waals surface area (Å²) in [5, 5.41) is 0.0121. The molecule has 1 aliphatic heterocycles. The molecule has 1 unspecified atom stereocenters. The number of fused-ring (bicyclic) bond motifs is 3. The minimum Gasteiger partial charge on any atom is -0.375 e. The molecule has 112 valence electrons. The van der Waals surface area contributed by atoms with Gasteiger partial charge in [-0.05, 0) is 26.0 Å². The maximum absolute atomic E-state index is 13.6. The van der Waals surface area contributed by atoms with Gasteiger partial charge in [-0.3, -0.25) is 8.78 Å². The quantitative estimate of drug-likeness (QED) is 0.869. The Labute approximate surface area is 129 Å². The molecule has 1 aromatic carbocycles. The van der Waals surface area contributed by atoms with Crippen LogP contribution in [-0.4, -0.2) is 20.4 Å². The highest BCUT2D eigenvalue weighted by Gasteiger charge is 2.28. The van der Waals surface area contributed by atoms with Gasteiger partial charge in [0, 0.05) is 6.61 Å². The van der Waals surface area contributed by atoms with E-state index in [1.807, 2.05) is 18.4 Å². The van der Waals surface area contributed by atoms with Gasteiger partial charge >= 0.3 is 0 Å². The number of halogens is 2. The molecule has 0 fully saturated rings. The molecule has 2 heterocycles. The zero-order valence-corrected chi connectivity index (χ0v) is 13.2. The first-order valence-corrected chi connectivity index (χ1v) is 8.25. The zero-order valence-electron chi connectivity index (χ0n) is 11.7. The van der Waals surface area contributed by atoms with Crippen LogP contribution in [0.15, 0.2) is 17.0 Å². The van der Waals surface area contributed by atoms with E-state index in [-0.39, 0.29) is 5.02 Å². The first kappa shape index (κ1) is 14.7. The summed E-state index contributed by atoms with van der Waals surface area (Å²) in [7, 11) is -1.31. The number of rotatable bonds is 3. The van der Waals surface area contributed by atoms with Gasteiger partial charge in [-0.1, -0.05) is 11.6 Å². The molecule has 0 spiro atoms. The van der Waals surface area contributed by atoms with Crippen LogP contribution < -0.4 is 0 Å². The Morgan fingerprint density at radius 2 is 2.29 bits per heavy atom. The number of hydrogen-bond acceptors (Lipinski definition) is 3. The van der Waals surface area contributed by atoms with Gasteiger partial charge in [-0.25, -0.2) is 9.37 Å². The highest BCUT2D eigenvalue weighted by atomic mass is 35.5. The van der Waals surface area contributed by atoms with E-state index < -0.39 is 16.6 Å². The Morgan fingerprint density at radius 3 is 3.00 bits per heavy atom. The van der Waals surface area contributed by atoms with Crippen molar-refractivity contribution in [1.29, 1.82) is 0 Å². The van der Waals surface area contributed by atoms with Crippen molar-refractivity contribution in [2.45, 2.75) is 31.1 Å². The fraction of sp³-hybridized carbons (Fsp3) is 0.357. The maximum atomic E-state index is 13.6. The van der Waals surface area contributed by atoms with Crippen molar-refractivity contribution in [3.05, 3.63) is 40.2 Å². The van der Waals surface area contributed by atoms with Crippen LogP contribution in [0.1, 0.15) is 24.1 Å². The lowest BCUT2D eigenvalue weighted by atomic mass is 10.2. The molecule has 1 aromatic heterocycles. The molecule has 2 aromatic rings. The van der Waals surface area contributed by atoms with Crippen LogP contribution in [0.3, 0.4) is 0 Å². The number of aromatic nitrogens is 2. The van der Waals surface area contributed by atoms with E-state index in [9.17, 15) is 8.60 Å². The third-order valence-electron chi connectivity index (χ3n) is 3.42. The fourth-order valence-electron chi connectivity index (χ4n) is 2.49. The van der Waals surface area contributed by atoms with Gasteiger partial charge in [0.25, 0.3) is 0 Å². The Bertz CT molecular complexity index is 745. The molecule has 1 atom stereocenters. The van der Waals surface area contributed by atoms with E-state index in [4.69, 9.17) is 16.3 Å². The summed E-state index contributed by atoms with van der Waals surface area (Å²) in [6, 6.07) is 2.75. The molecule has 0 aliphatic carbocycles. The molecular weight excluding hydrogens is 315 g/mol. The highest BCUT2D eigenvalue weighted by molar-refractivity contribution is 7.84. The molecule has 1 aliphatic rings. The smallest absolute Gasteiger partial charge is 0.143 e. The van der Waals surface area contributed by atoms with Crippen LogP contribution in [-0.2, 0) is 27.9 Å². The lowest BCUT2D eigenvalue weighted by molar-refractivity contribution is 0.131. The minimum atomic E-state index is -1.31. The first-order valence-electron chi connectivity index (χ1n) is 6.55. The molecule has 0 N–H and O–H groups in total. The van der Waals surface area contributed by atoms with Gasteiger partial charge in [0.05, 0.1) is 50.2 Å². The van der Waals surface area contributed by atoms with E-state index >= 15 is 0 Å². The highest BCUT2D eigenvalue weighted by Crippen LogP contribution is 2.34. The summed E-state index contributed by atoms with van der Waals surface area (Å²) in [6.07, 6.45) is 0. The van der Waals surface area contributed by atoms with Crippen LogP contribution in [0.5, 0.6) is 0 Å². The van der Waals surface area contributed by atoms with Gasteiger partial charge in [0.15, 0.2) is 0 Å². The topological polar surface area (TPSA) is 44.1 Å². The molecule has 0 saturated heterocycles. The monoisotopic (exact) mass is 328 g/mol. The van der Waals surface area contributed by atoms with Crippen molar-refractivity contribution in [3.8, 4) is 5.69 Å². The van der Waals surface area contributed by atoms with Crippen molar-refractivity contribution in [3.63, 3.8) is 0 Å². The van der Waals surface area contributed by atoms with Crippen LogP contribution in [0, 0.1) is 12.7 Å². The van der Waals surface area contributed by atoms with E-state index in [2.05, 4.69) is 4.98 Å². The van der Waals surface area contributed by atoms with Crippen LogP contribution in [0.2, 0.25) is 5.02 Å². The molecule has 0 radical (unpaired) electrons. The molecule has 0 saturated carbocycles. The second kappa shape index (κ2) is 5.51. The Hall–Kier alpha value is -1.24. The summed E-state index contributed by atoms with van der Waals surface area (Å²) in [6.45, 7) is 4.73. The molecule has 0 amide bonds. The van der Waals surface area contributed by atoms with Crippen molar-refractivity contribution >= 4 is 22.4 Å². The fourth-order valence-corrected chi connectivity index (χ4v) is 3.97. The second-order valence-electron chi connectivity index (χ2n) is 4.75. The van der Waals surface area contributed by atoms with Gasteiger partial charge in [0.1, 0.15) is 11.6 Å². The lowest BCUT2D eigenvalue weighted by Gasteiger charge is -2.21. The number of ether oxygens (including phenoxy) is 1. The summed E-state index contributed by atoms with van der Waals surface area (Å²) in [5.41, 5.74) is 2.25. The Morgan fingerprint density at radius 1 is 1.52 bits per heavy atom. The van der Waals surface area contributed by atoms with Crippen molar-refractivity contribution in [1.82, 2.24) is 9.55 Å². The molecule has 0 bridgehead atoms. The summed E-state index contributed by atoms with van der Waals surface area (Å²) in [5.74, 6) is 0.497. The van der Waals surface area contributed by atoms with Crippen LogP contribution in [0.4, 0.5) is 4.39 Å². The molecular formula is C14H14ClFN2O2S. The second-order valence-corrected chi connectivity index (χ2v) is 6.58. The zero-order chi connectivity index (χ0) is 15.1. The molecule has 21 heavy (non-hydrogen) atoms. The van der Waals surface area contributed by atoms with Crippen molar-refractivity contribution in [2.24, 2.45) is 0 Å². The first-order chi connectivity index (χ1) is 10.0. The largest absolute Gasteiger partial charge is 0.375 e. The Kier molecular flexibility index (Phi) is 3.86. The average molecular weight is 329 g/mol. The third-order valence-corrected chi connectivity index (χ3v) is 5.06. The van der Waals surface area contributed by atoms with E-state index in [0.29, 0.717) is 29.5 Å². The Balaban J connectivity index is 2.19. The van der Waals surface area contributed by atoms with Crippen LogP contribution in [0.25, 0.3) is 5.69 Å². The number of benzene rings is 1. The number of hydrogen-bond donors (Lipinski definition) is 0. The lowest BCUT2D eigenvalue weighted by Crippen LogP contribution is -2.16. The number of aryl methyl sites for hydroxylation is 1. The standard InChI is InChI=1S/C14H14ClFN2O2S/c1-3-20-6-11-13-7-21(19)14-5-10(16)9(15)4-12(14)18(13)8(2)17-11/h4-5H,3,6-7H2,1-2H3. The SMILES string of the molecule is CCOCc1nc(C)n2c1CS(=O)c1cc(F)c(Cl)cc1-2. The summed E-state index contributed by atoms with van der Waals surface area (Å²) in [4.78, 5) is 4.93. The minimum absolute atomic E-state index is 0.0121. The molecule has 4 nitrogen and oxygen atoms in total. The van der Waals surface area contributed by atoms with Gasteiger partial charge < -0.3 is 4.74 Å². The van der Waals surface area contributed by atoms with Gasteiger partial charge in [0.2, 0.25) is 0 Å². The van der Waals surface area contributed by atoms with E-state index in [0.717, 1.165) is 17.2 Å². The number of nitrogens with zero attached hydrogens (tertiary/aromatic N) is 2. The van der Waals surface area contributed by atoms with Gasteiger partial charge in [-0.15, -0.1) is 0 Å². The van der Waals surface area contributed by atoms with Crippen molar-refractivity contribution < 1.29 is 13.3 Å². The number of imidazole rings is 1.